The summed E-state index contributed by atoms with van der Waals surface area (Å²) in [4.78, 5) is 14.2. The minimum Gasteiger partial charge on any atom is -0.352 e. The van der Waals surface area contributed by atoms with Gasteiger partial charge < -0.3 is 5.32 Å². The Bertz CT molecular complexity index is 457. The Kier molecular flexibility index (Phi) is 3.79. The van der Waals surface area contributed by atoms with Crippen LogP contribution in [-0.4, -0.2) is 51.2 Å². The van der Waals surface area contributed by atoms with Crippen LogP contribution in [0.4, 0.5) is 0 Å². The maximum Gasteiger partial charge on any atom is 0.234 e. The van der Waals surface area contributed by atoms with Gasteiger partial charge in [-0.05, 0) is 12.8 Å². The van der Waals surface area contributed by atoms with Gasteiger partial charge in [0.2, 0.25) is 5.91 Å². The fourth-order valence-corrected chi connectivity index (χ4v) is 3.59. The van der Waals surface area contributed by atoms with Gasteiger partial charge in [0.15, 0.2) is 0 Å². The first kappa shape index (κ1) is 13.0. The molecule has 104 valence electrons. The van der Waals surface area contributed by atoms with Crippen molar-refractivity contribution in [2.75, 3.05) is 24.6 Å². The lowest BCUT2D eigenvalue weighted by Crippen LogP contribution is -2.43. The number of rotatable bonds is 4. The number of amides is 1. The Morgan fingerprint density at radius 1 is 1.58 bits per heavy atom. The second-order valence-corrected chi connectivity index (χ2v) is 6.50. The Morgan fingerprint density at radius 2 is 2.42 bits per heavy atom. The monoisotopic (exact) mass is 280 g/mol. The second-order valence-electron chi connectivity index (χ2n) is 5.35. The van der Waals surface area contributed by atoms with Crippen molar-refractivity contribution >= 4 is 17.7 Å². The van der Waals surface area contributed by atoms with Crippen molar-refractivity contribution in [1.29, 1.82) is 0 Å². The first-order valence-corrected chi connectivity index (χ1v) is 7.97. The molecule has 0 bridgehead atoms. The van der Waals surface area contributed by atoms with Gasteiger partial charge in [-0.2, -0.15) is 16.9 Å². The third-order valence-corrected chi connectivity index (χ3v) is 4.66. The van der Waals surface area contributed by atoms with Gasteiger partial charge in [-0.3, -0.25) is 14.4 Å². The SMILES string of the molecule is Cn1cc([C@@H]2CSCCN2CC(=O)NC2CC2)cn1. The van der Waals surface area contributed by atoms with Crippen LogP contribution in [0.1, 0.15) is 24.4 Å². The molecule has 19 heavy (non-hydrogen) atoms. The molecule has 1 atom stereocenters. The van der Waals surface area contributed by atoms with Crippen LogP contribution in [0, 0.1) is 0 Å². The van der Waals surface area contributed by atoms with Crippen LogP contribution in [0.3, 0.4) is 0 Å². The third-order valence-electron chi connectivity index (χ3n) is 3.64. The molecule has 1 amide bonds. The Morgan fingerprint density at radius 3 is 3.11 bits per heavy atom. The number of nitrogens with zero attached hydrogens (tertiary/aromatic N) is 3. The number of carbonyl (C=O) groups is 1. The lowest BCUT2D eigenvalue weighted by molar-refractivity contribution is -0.122. The normalized spacial score (nSPS) is 24.4. The topological polar surface area (TPSA) is 50.2 Å². The number of thioether (sulfide) groups is 1. The van der Waals surface area contributed by atoms with Crippen molar-refractivity contribution in [3.63, 3.8) is 0 Å². The summed E-state index contributed by atoms with van der Waals surface area (Å²) in [5.74, 6) is 2.32. The van der Waals surface area contributed by atoms with Gasteiger partial charge in [0.1, 0.15) is 0 Å². The van der Waals surface area contributed by atoms with Crippen molar-refractivity contribution < 1.29 is 4.79 Å². The molecule has 6 heteroatoms. The zero-order valence-electron chi connectivity index (χ0n) is 11.2. The molecule has 1 saturated carbocycles. The molecule has 1 aliphatic carbocycles. The highest BCUT2D eigenvalue weighted by Gasteiger charge is 2.29. The van der Waals surface area contributed by atoms with E-state index in [0.29, 0.717) is 18.6 Å². The predicted octanol–water partition coefficient (Wildman–Crippen LogP) is 0.789. The van der Waals surface area contributed by atoms with Crippen molar-refractivity contribution in [1.82, 2.24) is 20.0 Å². The van der Waals surface area contributed by atoms with E-state index in [1.165, 1.54) is 5.56 Å². The summed E-state index contributed by atoms with van der Waals surface area (Å²) in [7, 11) is 1.93. The highest BCUT2D eigenvalue weighted by atomic mass is 32.2. The average molecular weight is 280 g/mol. The quantitative estimate of drug-likeness (QED) is 0.886. The molecule has 2 aliphatic rings. The standard InChI is InChI=1S/C13H20N4OS/c1-16-7-10(6-14-16)12-9-19-5-4-17(12)8-13(18)15-11-2-3-11/h6-7,11-12H,2-5,8-9H2,1H3,(H,15,18)/t12-/m0/s1. The molecule has 3 rings (SSSR count). The Labute approximate surface area is 117 Å². The van der Waals surface area contributed by atoms with E-state index in [0.717, 1.165) is 30.9 Å². The zero-order chi connectivity index (χ0) is 13.2. The van der Waals surface area contributed by atoms with E-state index in [-0.39, 0.29) is 5.91 Å². The zero-order valence-corrected chi connectivity index (χ0v) is 12.0. The molecule has 0 spiro atoms. The number of hydrogen-bond acceptors (Lipinski definition) is 4. The summed E-state index contributed by atoms with van der Waals surface area (Å²) in [6, 6.07) is 0.765. The summed E-state index contributed by atoms with van der Waals surface area (Å²) < 4.78 is 1.83. The van der Waals surface area contributed by atoms with Gasteiger partial charge in [-0.25, -0.2) is 0 Å². The van der Waals surface area contributed by atoms with Gasteiger partial charge in [0, 0.05) is 48.9 Å². The minimum atomic E-state index is 0.170. The molecular formula is C13H20N4OS. The molecule has 1 aliphatic heterocycles. The Hall–Kier alpha value is -1.01. The fraction of sp³-hybridized carbons (Fsp3) is 0.692. The number of hydrogen-bond donors (Lipinski definition) is 1. The maximum absolute atomic E-state index is 12.0. The minimum absolute atomic E-state index is 0.170. The van der Waals surface area contributed by atoms with Gasteiger partial charge in [-0.1, -0.05) is 0 Å². The number of nitrogens with one attached hydrogen (secondary N) is 1. The summed E-state index contributed by atoms with van der Waals surface area (Å²) in [6.45, 7) is 1.49. The molecule has 1 saturated heterocycles. The lowest BCUT2D eigenvalue weighted by atomic mass is 10.1. The third kappa shape index (κ3) is 3.30. The summed E-state index contributed by atoms with van der Waals surface area (Å²) in [5, 5.41) is 7.31. The fourth-order valence-electron chi connectivity index (χ4n) is 2.43. The van der Waals surface area contributed by atoms with E-state index < -0.39 is 0 Å². The first-order valence-electron chi connectivity index (χ1n) is 6.82. The van der Waals surface area contributed by atoms with Crippen molar-refractivity contribution in [2.45, 2.75) is 24.9 Å². The van der Waals surface area contributed by atoms with Crippen LogP contribution >= 0.6 is 11.8 Å². The van der Waals surface area contributed by atoms with Crippen LogP contribution in [0.5, 0.6) is 0 Å². The number of carbonyl (C=O) groups excluding carboxylic acids is 1. The van der Waals surface area contributed by atoms with Gasteiger partial charge in [0.25, 0.3) is 0 Å². The molecule has 0 unspecified atom stereocenters. The predicted molar refractivity (Wildman–Crippen MR) is 76.0 cm³/mol. The molecule has 0 aromatic carbocycles. The summed E-state index contributed by atoms with van der Waals surface area (Å²) in [5.41, 5.74) is 1.22. The van der Waals surface area contributed by atoms with Gasteiger partial charge in [-0.15, -0.1) is 0 Å². The van der Waals surface area contributed by atoms with E-state index in [1.807, 2.05) is 29.7 Å². The first-order chi connectivity index (χ1) is 9.22. The van der Waals surface area contributed by atoms with Gasteiger partial charge >= 0.3 is 0 Å². The summed E-state index contributed by atoms with van der Waals surface area (Å²) in [6.07, 6.45) is 6.27. The van der Waals surface area contributed by atoms with E-state index in [9.17, 15) is 4.79 Å². The Balaban J connectivity index is 1.64. The van der Waals surface area contributed by atoms with Crippen LogP contribution in [0.25, 0.3) is 0 Å². The maximum atomic E-state index is 12.0. The van der Waals surface area contributed by atoms with E-state index >= 15 is 0 Å². The van der Waals surface area contributed by atoms with Crippen LogP contribution in [0.15, 0.2) is 12.4 Å². The van der Waals surface area contributed by atoms with Crippen LogP contribution in [-0.2, 0) is 11.8 Å². The largest absolute Gasteiger partial charge is 0.352 e. The van der Waals surface area contributed by atoms with Crippen LogP contribution < -0.4 is 5.32 Å². The summed E-state index contributed by atoms with van der Waals surface area (Å²) >= 11 is 1.95. The lowest BCUT2D eigenvalue weighted by Gasteiger charge is -2.34. The van der Waals surface area contributed by atoms with Crippen molar-refractivity contribution in [3.8, 4) is 0 Å². The molecule has 5 nitrogen and oxygen atoms in total. The average Bonchev–Trinajstić information content (AvgIpc) is 3.09. The molecule has 1 aromatic heterocycles. The molecule has 0 radical (unpaired) electrons. The highest BCUT2D eigenvalue weighted by Crippen LogP contribution is 2.29. The number of aryl methyl sites for hydroxylation is 1. The van der Waals surface area contributed by atoms with E-state index in [2.05, 4.69) is 21.5 Å². The van der Waals surface area contributed by atoms with E-state index in [4.69, 9.17) is 0 Å². The van der Waals surface area contributed by atoms with Crippen LogP contribution in [0.2, 0.25) is 0 Å². The smallest absolute Gasteiger partial charge is 0.234 e. The number of aromatic nitrogens is 2. The highest BCUT2D eigenvalue weighted by molar-refractivity contribution is 7.99. The molecule has 1 N–H and O–H groups in total. The van der Waals surface area contributed by atoms with E-state index in [1.54, 1.807) is 0 Å². The molecule has 1 aromatic rings. The molecular weight excluding hydrogens is 260 g/mol. The van der Waals surface area contributed by atoms with Crippen molar-refractivity contribution in [3.05, 3.63) is 18.0 Å². The van der Waals surface area contributed by atoms with Crippen molar-refractivity contribution in [2.24, 2.45) is 7.05 Å². The molecule has 2 heterocycles. The second kappa shape index (κ2) is 5.54. The molecule has 2 fully saturated rings. The van der Waals surface area contributed by atoms with Gasteiger partial charge in [0.05, 0.1) is 12.7 Å².